The number of amides is 2. The van der Waals surface area contributed by atoms with Crippen molar-refractivity contribution in [3.8, 4) is 5.75 Å². The largest absolute Gasteiger partial charge is 0.492 e. The normalized spacial score (nSPS) is 11.3. The second-order valence-electron chi connectivity index (χ2n) is 8.24. The summed E-state index contributed by atoms with van der Waals surface area (Å²) in [7, 11) is 0. The summed E-state index contributed by atoms with van der Waals surface area (Å²) in [6, 6.07) is 15.5. The Kier molecular flexibility index (Phi) is 8.56. The van der Waals surface area contributed by atoms with Gasteiger partial charge in [0.2, 0.25) is 0 Å². The van der Waals surface area contributed by atoms with Gasteiger partial charge in [0, 0.05) is 22.5 Å². The van der Waals surface area contributed by atoms with Crippen molar-refractivity contribution in [2.75, 3.05) is 17.2 Å². The molecule has 0 radical (unpaired) electrons. The average molecular weight is 549 g/mol. The quantitative estimate of drug-likeness (QED) is 0.308. The molecule has 0 unspecified atom stereocenters. The molecule has 35 heavy (non-hydrogen) atoms. The molecule has 3 aromatic rings. The van der Waals surface area contributed by atoms with Crippen molar-refractivity contribution in [3.05, 3.63) is 87.9 Å². The number of carbonyl (C=O) groups is 2. The predicted octanol–water partition coefficient (Wildman–Crippen LogP) is 7.40. The Morgan fingerprint density at radius 1 is 0.886 bits per heavy atom. The standard InChI is InChI=1S/C26H24BrF3N2O3/c1-16(2)11-12-35-23-10-9-18(14-22(23)27)25(34)31-20-7-3-5-17(13-20)24(33)32-21-8-4-6-19(15-21)26(28,29)30/h3-10,13-16H,11-12H2,1-2H3,(H,31,34)(H,32,33). The monoisotopic (exact) mass is 548 g/mol. The zero-order chi connectivity index (χ0) is 25.6. The minimum Gasteiger partial charge on any atom is -0.492 e. The molecule has 0 aliphatic rings. The highest BCUT2D eigenvalue weighted by Crippen LogP contribution is 2.31. The Bertz CT molecular complexity index is 1210. The Morgan fingerprint density at radius 2 is 1.49 bits per heavy atom. The van der Waals surface area contributed by atoms with Crippen LogP contribution in [-0.4, -0.2) is 18.4 Å². The van der Waals surface area contributed by atoms with Gasteiger partial charge in [0.05, 0.1) is 16.6 Å². The first-order valence-corrected chi connectivity index (χ1v) is 11.6. The van der Waals surface area contributed by atoms with Crippen LogP contribution >= 0.6 is 15.9 Å². The molecule has 0 saturated carbocycles. The van der Waals surface area contributed by atoms with E-state index in [0.29, 0.717) is 34.0 Å². The smallest absolute Gasteiger partial charge is 0.416 e. The Hall–Kier alpha value is -3.33. The van der Waals surface area contributed by atoms with E-state index in [4.69, 9.17) is 4.74 Å². The number of benzene rings is 3. The summed E-state index contributed by atoms with van der Waals surface area (Å²) in [5.74, 6) is 0.151. The first-order chi connectivity index (χ1) is 16.5. The van der Waals surface area contributed by atoms with Gasteiger partial charge in [-0.3, -0.25) is 9.59 Å². The number of carbonyl (C=O) groups excluding carboxylic acids is 2. The Balaban J connectivity index is 1.66. The van der Waals surface area contributed by atoms with Gasteiger partial charge in [-0.05, 0) is 82.9 Å². The van der Waals surface area contributed by atoms with E-state index >= 15 is 0 Å². The molecule has 2 amide bonds. The first-order valence-electron chi connectivity index (χ1n) is 10.9. The van der Waals surface area contributed by atoms with Gasteiger partial charge in [-0.2, -0.15) is 13.2 Å². The average Bonchev–Trinajstić information content (AvgIpc) is 2.79. The van der Waals surface area contributed by atoms with E-state index in [0.717, 1.165) is 18.6 Å². The lowest BCUT2D eigenvalue weighted by Gasteiger charge is -2.12. The molecule has 3 rings (SSSR count). The number of ether oxygens (including phenoxy) is 1. The number of nitrogens with one attached hydrogen (secondary N) is 2. The highest BCUT2D eigenvalue weighted by Gasteiger charge is 2.30. The highest BCUT2D eigenvalue weighted by atomic mass is 79.9. The van der Waals surface area contributed by atoms with E-state index in [1.807, 2.05) is 0 Å². The molecule has 0 fully saturated rings. The number of alkyl halides is 3. The molecular weight excluding hydrogens is 525 g/mol. The zero-order valence-electron chi connectivity index (χ0n) is 19.1. The van der Waals surface area contributed by atoms with Crippen LogP contribution in [0.3, 0.4) is 0 Å². The van der Waals surface area contributed by atoms with Crippen LogP contribution < -0.4 is 15.4 Å². The molecular formula is C26H24BrF3N2O3. The molecule has 9 heteroatoms. The Labute approximate surface area is 209 Å². The lowest BCUT2D eigenvalue weighted by molar-refractivity contribution is -0.137. The number of halogens is 4. The molecule has 0 atom stereocenters. The lowest BCUT2D eigenvalue weighted by atomic mass is 10.1. The SMILES string of the molecule is CC(C)CCOc1ccc(C(=O)Nc2cccc(C(=O)Nc3cccc(C(F)(F)F)c3)c2)cc1Br. The fourth-order valence-electron chi connectivity index (χ4n) is 3.08. The molecule has 0 heterocycles. The minimum absolute atomic E-state index is 0.0137. The van der Waals surface area contributed by atoms with Crippen molar-refractivity contribution in [1.29, 1.82) is 0 Å². The molecule has 5 nitrogen and oxygen atoms in total. The van der Waals surface area contributed by atoms with E-state index in [1.165, 1.54) is 24.3 Å². The molecule has 0 bridgehead atoms. The van der Waals surface area contributed by atoms with Crippen molar-refractivity contribution >= 4 is 39.1 Å². The van der Waals surface area contributed by atoms with Crippen molar-refractivity contribution < 1.29 is 27.5 Å². The van der Waals surface area contributed by atoms with Crippen molar-refractivity contribution in [3.63, 3.8) is 0 Å². The summed E-state index contributed by atoms with van der Waals surface area (Å²) in [5, 5.41) is 5.17. The second-order valence-corrected chi connectivity index (χ2v) is 9.10. The number of hydrogen-bond donors (Lipinski definition) is 2. The van der Waals surface area contributed by atoms with Gasteiger partial charge in [0.25, 0.3) is 11.8 Å². The van der Waals surface area contributed by atoms with E-state index in [9.17, 15) is 22.8 Å². The fraction of sp³-hybridized carbons (Fsp3) is 0.231. The molecule has 0 aliphatic carbocycles. The van der Waals surface area contributed by atoms with Crippen LogP contribution in [0.15, 0.2) is 71.2 Å². The third-order valence-electron chi connectivity index (χ3n) is 4.98. The summed E-state index contributed by atoms with van der Waals surface area (Å²) in [6.07, 6.45) is -3.61. The number of rotatable bonds is 8. The molecule has 184 valence electrons. The van der Waals surface area contributed by atoms with E-state index in [1.54, 1.807) is 30.3 Å². The lowest BCUT2D eigenvalue weighted by Crippen LogP contribution is -2.15. The maximum Gasteiger partial charge on any atom is 0.416 e. The third kappa shape index (κ3) is 7.58. The minimum atomic E-state index is -4.52. The zero-order valence-corrected chi connectivity index (χ0v) is 20.7. The van der Waals surface area contributed by atoms with Crippen LogP contribution in [0.2, 0.25) is 0 Å². The maximum absolute atomic E-state index is 12.9. The molecule has 0 aromatic heterocycles. The van der Waals surface area contributed by atoms with Crippen LogP contribution in [0, 0.1) is 5.92 Å². The molecule has 0 spiro atoms. The Morgan fingerprint density at radius 3 is 2.09 bits per heavy atom. The topological polar surface area (TPSA) is 67.4 Å². The van der Waals surface area contributed by atoms with Crippen molar-refractivity contribution in [2.45, 2.75) is 26.4 Å². The summed E-state index contributed by atoms with van der Waals surface area (Å²) in [6.45, 7) is 4.78. The van der Waals surface area contributed by atoms with Gasteiger partial charge in [-0.1, -0.05) is 26.0 Å². The van der Waals surface area contributed by atoms with Gasteiger partial charge in [-0.15, -0.1) is 0 Å². The van der Waals surface area contributed by atoms with Crippen molar-refractivity contribution in [2.24, 2.45) is 5.92 Å². The summed E-state index contributed by atoms with van der Waals surface area (Å²) in [5.41, 5.74) is 0.0703. The van der Waals surface area contributed by atoms with Crippen LogP contribution in [0.1, 0.15) is 46.5 Å². The van der Waals surface area contributed by atoms with Gasteiger partial charge in [0.1, 0.15) is 5.75 Å². The molecule has 0 saturated heterocycles. The van der Waals surface area contributed by atoms with Gasteiger partial charge < -0.3 is 15.4 Å². The van der Waals surface area contributed by atoms with Gasteiger partial charge in [-0.25, -0.2) is 0 Å². The van der Waals surface area contributed by atoms with Gasteiger partial charge >= 0.3 is 6.18 Å². The molecule has 0 aliphatic heterocycles. The van der Waals surface area contributed by atoms with Gasteiger partial charge in [0.15, 0.2) is 0 Å². The third-order valence-corrected chi connectivity index (χ3v) is 5.60. The summed E-state index contributed by atoms with van der Waals surface area (Å²) < 4.78 is 45.1. The predicted molar refractivity (Wildman–Crippen MR) is 133 cm³/mol. The molecule has 2 N–H and O–H groups in total. The van der Waals surface area contributed by atoms with Crippen LogP contribution in [0.25, 0.3) is 0 Å². The van der Waals surface area contributed by atoms with Crippen LogP contribution in [0.5, 0.6) is 5.75 Å². The maximum atomic E-state index is 12.9. The highest BCUT2D eigenvalue weighted by molar-refractivity contribution is 9.10. The number of hydrogen-bond acceptors (Lipinski definition) is 3. The first kappa shape index (κ1) is 26.3. The summed E-state index contributed by atoms with van der Waals surface area (Å²) >= 11 is 3.42. The van der Waals surface area contributed by atoms with Crippen molar-refractivity contribution in [1.82, 2.24) is 0 Å². The second kappa shape index (κ2) is 11.4. The van der Waals surface area contributed by atoms with Crippen LogP contribution in [-0.2, 0) is 6.18 Å². The molecule has 3 aromatic carbocycles. The number of anilines is 2. The fourth-order valence-corrected chi connectivity index (χ4v) is 3.57. The van der Waals surface area contributed by atoms with E-state index < -0.39 is 23.6 Å². The summed E-state index contributed by atoms with van der Waals surface area (Å²) in [4.78, 5) is 25.3. The van der Waals surface area contributed by atoms with Crippen LogP contribution in [0.4, 0.5) is 24.5 Å². The van der Waals surface area contributed by atoms with E-state index in [2.05, 4.69) is 40.4 Å². The van der Waals surface area contributed by atoms with E-state index in [-0.39, 0.29) is 11.3 Å².